The summed E-state index contributed by atoms with van der Waals surface area (Å²) >= 11 is 0. The molecule has 2 heterocycles. The van der Waals surface area contributed by atoms with Gasteiger partial charge in [-0.3, -0.25) is 19.2 Å². The maximum absolute atomic E-state index is 11.9. The van der Waals surface area contributed by atoms with E-state index in [1.165, 1.54) is 27.7 Å². The quantitative estimate of drug-likeness (QED) is 0.357. The van der Waals surface area contributed by atoms with E-state index in [-0.39, 0.29) is 24.5 Å². The second-order valence-electron chi connectivity index (χ2n) is 9.23. The van der Waals surface area contributed by atoms with Gasteiger partial charge in [0, 0.05) is 39.5 Å². The third-order valence-electron chi connectivity index (χ3n) is 6.52. The standard InChI is InChI=1S/C24H38O11/c1-9-18-11(2)12(3)21(30-15(6)26)24(33-18)35-20-13(4)22(31-16(7)27)23(32-17(8)28)34-19(20)10-29-14(5)25/h11-13,18-24H,9-10H2,1-8H3. The number of ether oxygens (including phenoxy) is 7. The summed E-state index contributed by atoms with van der Waals surface area (Å²) in [5, 5.41) is 0. The second-order valence-corrected chi connectivity index (χ2v) is 9.23. The van der Waals surface area contributed by atoms with Crippen LogP contribution in [0.5, 0.6) is 0 Å². The lowest BCUT2D eigenvalue weighted by atomic mass is 9.82. The van der Waals surface area contributed by atoms with Crippen LogP contribution in [0.1, 0.15) is 61.8 Å². The van der Waals surface area contributed by atoms with Gasteiger partial charge >= 0.3 is 23.9 Å². The molecule has 200 valence electrons. The van der Waals surface area contributed by atoms with Crippen LogP contribution in [0.2, 0.25) is 0 Å². The van der Waals surface area contributed by atoms with Crippen molar-refractivity contribution < 1.29 is 52.3 Å². The minimum absolute atomic E-state index is 0.0765. The zero-order valence-electron chi connectivity index (χ0n) is 21.7. The van der Waals surface area contributed by atoms with Crippen molar-refractivity contribution >= 4 is 23.9 Å². The van der Waals surface area contributed by atoms with Gasteiger partial charge in [-0.05, 0) is 12.3 Å². The molecule has 0 aromatic heterocycles. The second kappa shape index (κ2) is 12.6. The van der Waals surface area contributed by atoms with Crippen LogP contribution in [0.15, 0.2) is 0 Å². The molecule has 0 aromatic rings. The van der Waals surface area contributed by atoms with Crippen molar-refractivity contribution in [2.45, 2.75) is 105 Å². The molecule has 0 aromatic carbocycles. The fraction of sp³-hybridized carbons (Fsp3) is 0.833. The molecule has 2 fully saturated rings. The summed E-state index contributed by atoms with van der Waals surface area (Å²) in [5.74, 6) is -2.79. The Bertz CT molecular complexity index is 767. The number of carbonyl (C=O) groups is 4. The van der Waals surface area contributed by atoms with Crippen molar-refractivity contribution in [3.63, 3.8) is 0 Å². The monoisotopic (exact) mass is 502 g/mol. The molecule has 0 aliphatic carbocycles. The third kappa shape index (κ3) is 7.62. The highest BCUT2D eigenvalue weighted by molar-refractivity contribution is 5.67. The number of esters is 4. The number of hydrogen-bond donors (Lipinski definition) is 0. The Morgan fingerprint density at radius 1 is 0.629 bits per heavy atom. The van der Waals surface area contributed by atoms with Crippen molar-refractivity contribution in [1.29, 1.82) is 0 Å². The first-order valence-electron chi connectivity index (χ1n) is 12.0. The van der Waals surface area contributed by atoms with Gasteiger partial charge in [-0.1, -0.05) is 27.7 Å². The first-order chi connectivity index (χ1) is 16.3. The maximum Gasteiger partial charge on any atom is 0.305 e. The van der Waals surface area contributed by atoms with Crippen LogP contribution in [0, 0.1) is 17.8 Å². The van der Waals surface area contributed by atoms with Gasteiger partial charge in [0.05, 0.1) is 12.2 Å². The highest BCUT2D eigenvalue weighted by Crippen LogP contribution is 2.38. The van der Waals surface area contributed by atoms with Gasteiger partial charge in [0.25, 0.3) is 0 Å². The minimum Gasteiger partial charge on any atom is -0.463 e. The normalized spacial score (nSPS) is 37.1. The lowest BCUT2D eigenvalue weighted by Gasteiger charge is -2.48. The van der Waals surface area contributed by atoms with Crippen molar-refractivity contribution in [3.8, 4) is 0 Å². The van der Waals surface area contributed by atoms with E-state index < -0.39 is 66.8 Å². The fourth-order valence-electron chi connectivity index (χ4n) is 4.60. The Morgan fingerprint density at radius 3 is 1.63 bits per heavy atom. The van der Waals surface area contributed by atoms with Gasteiger partial charge in [-0.2, -0.15) is 0 Å². The summed E-state index contributed by atoms with van der Waals surface area (Å²) in [5.41, 5.74) is 0. The molecular weight excluding hydrogens is 464 g/mol. The lowest BCUT2D eigenvalue weighted by molar-refractivity contribution is -0.339. The molecule has 10 unspecified atom stereocenters. The fourth-order valence-corrected chi connectivity index (χ4v) is 4.60. The third-order valence-corrected chi connectivity index (χ3v) is 6.52. The number of carbonyl (C=O) groups excluding carboxylic acids is 4. The highest BCUT2D eigenvalue weighted by atomic mass is 16.8. The van der Waals surface area contributed by atoms with Crippen LogP contribution in [-0.2, 0) is 52.3 Å². The number of rotatable bonds is 8. The van der Waals surface area contributed by atoms with Crippen LogP contribution in [-0.4, -0.2) is 73.6 Å². The molecule has 2 aliphatic heterocycles. The van der Waals surface area contributed by atoms with E-state index in [9.17, 15) is 19.2 Å². The van der Waals surface area contributed by atoms with Gasteiger partial charge in [0.2, 0.25) is 6.29 Å². The van der Waals surface area contributed by atoms with Crippen LogP contribution < -0.4 is 0 Å². The summed E-state index contributed by atoms with van der Waals surface area (Å²) in [6.07, 6.45) is -5.02. The molecule has 0 spiro atoms. The van der Waals surface area contributed by atoms with Gasteiger partial charge in [0.15, 0.2) is 18.5 Å². The SMILES string of the molecule is CCC1OC(OC2C(COC(C)=O)OC(OC(C)=O)C(OC(C)=O)C2C)C(OC(C)=O)C(C)C1C. The number of hydrogen-bond acceptors (Lipinski definition) is 11. The zero-order chi connectivity index (χ0) is 26.4. The van der Waals surface area contributed by atoms with Crippen LogP contribution in [0.3, 0.4) is 0 Å². The smallest absolute Gasteiger partial charge is 0.305 e. The van der Waals surface area contributed by atoms with Crippen molar-refractivity contribution in [3.05, 3.63) is 0 Å². The van der Waals surface area contributed by atoms with Crippen LogP contribution >= 0.6 is 0 Å². The lowest BCUT2D eigenvalue weighted by Crippen LogP contribution is -2.61. The minimum atomic E-state index is -1.23. The molecule has 0 amide bonds. The Morgan fingerprint density at radius 2 is 1.14 bits per heavy atom. The molecule has 0 N–H and O–H groups in total. The first kappa shape index (κ1) is 29.0. The van der Waals surface area contributed by atoms with Crippen molar-refractivity contribution in [2.75, 3.05) is 6.61 Å². The molecule has 11 nitrogen and oxygen atoms in total. The highest BCUT2D eigenvalue weighted by Gasteiger charge is 2.52. The molecule has 0 bridgehead atoms. The average Bonchev–Trinajstić information content (AvgIpc) is 2.75. The van der Waals surface area contributed by atoms with Crippen LogP contribution in [0.25, 0.3) is 0 Å². The Labute approximate surface area is 206 Å². The van der Waals surface area contributed by atoms with E-state index in [2.05, 4.69) is 0 Å². The van der Waals surface area contributed by atoms with E-state index >= 15 is 0 Å². The van der Waals surface area contributed by atoms with E-state index in [1.54, 1.807) is 6.92 Å². The topological polar surface area (TPSA) is 133 Å². The summed E-state index contributed by atoms with van der Waals surface area (Å²) in [6.45, 7) is 12.5. The molecule has 11 heteroatoms. The Hall–Kier alpha value is -2.24. The van der Waals surface area contributed by atoms with E-state index in [1.807, 2.05) is 20.8 Å². The van der Waals surface area contributed by atoms with Gasteiger partial charge < -0.3 is 33.2 Å². The van der Waals surface area contributed by atoms with Crippen LogP contribution in [0.4, 0.5) is 0 Å². The summed E-state index contributed by atoms with van der Waals surface area (Å²) < 4.78 is 39.9. The Kier molecular flexibility index (Phi) is 10.5. The van der Waals surface area contributed by atoms with E-state index in [4.69, 9.17) is 33.2 Å². The van der Waals surface area contributed by atoms with Crippen molar-refractivity contribution in [2.24, 2.45) is 17.8 Å². The molecule has 0 saturated carbocycles. The van der Waals surface area contributed by atoms with Gasteiger partial charge in [-0.25, -0.2) is 0 Å². The van der Waals surface area contributed by atoms with Gasteiger partial charge in [-0.15, -0.1) is 0 Å². The Balaban J connectivity index is 2.39. The summed E-state index contributed by atoms with van der Waals surface area (Å²) in [6, 6.07) is 0. The molecular formula is C24H38O11. The zero-order valence-corrected chi connectivity index (χ0v) is 21.7. The summed E-state index contributed by atoms with van der Waals surface area (Å²) in [7, 11) is 0. The molecule has 35 heavy (non-hydrogen) atoms. The molecule has 2 rings (SSSR count). The van der Waals surface area contributed by atoms with Crippen molar-refractivity contribution in [1.82, 2.24) is 0 Å². The van der Waals surface area contributed by atoms with Gasteiger partial charge in [0.1, 0.15) is 12.7 Å². The summed E-state index contributed by atoms with van der Waals surface area (Å²) in [4.78, 5) is 46.9. The maximum atomic E-state index is 11.9. The molecule has 2 aliphatic rings. The average molecular weight is 503 g/mol. The van der Waals surface area contributed by atoms with E-state index in [0.29, 0.717) is 0 Å². The molecule has 10 atom stereocenters. The first-order valence-corrected chi connectivity index (χ1v) is 12.0. The molecule has 2 saturated heterocycles. The largest absolute Gasteiger partial charge is 0.463 e. The van der Waals surface area contributed by atoms with E-state index in [0.717, 1.165) is 6.42 Å². The predicted octanol–water partition coefficient (Wildman–Crippen LogP) is 2.13. The molecule has 0 radical (unpaired) electrons. The predicted molar refractivity (Wildman–Crippen MR) is 119 cm³/mol.